The highest BCUT2D eigenvalue weighted by Crippen LogP contribution is 2.13. The Labute approximate surface area is 123 Å². The first kappa shape index (κ1) is 13.3. The van der Waals surface area contributed by atoms with Crippen molar-refractivity contribution in [3.8, 4) is 11.5 Å². The Morgan fingerprint density at radius 1 is 1.00 bits per heavy atom. The second-order valence-corrected chi connectivity index (χ2v) is 4.72. The number of para-hydroxylation sites is 1. The number of aryl methyl sites for hydroxylation is 1. The van der Waals surface area contributed by atoms with E-state index in [0.717, 1.165) is 23.6 Å². The van der Waals surface area contributed by atoms with E-state index in [2.05, 4.69) is 20.4 Å². The van der Waals surface area contributed by atoms with E-state index in [1.165, 1.54) is 0 Å². The van der Waals surface area contributed by atoms with Gasteiger partial charge in [-0.25, -0.2) is 4.98 Å². The van der Waals surface area contributed by atoms with Gasteiger partial charge in [-0.1, -0.05) is 29.4 Å². The molecular weight excluding hydrogens is 264 g/mol. The number of anilines is 1. The van der Waals surface area contributed by atoms with Crippen LogP contribution >= 0.6 is 0 Å². The molecule has 0 atom stereocenters. The van der Waals surface area contributed by atoms with Crippen molar-refractivity contribution in [1.82, 2.24) is 15.1 Å². The third-order valence-corrected chi connectivity index (χ3v) is 3.03. The third kappa shape index (κ3) is 3.45. The van der Waals surface area contributed by atoms with Crippen LogP contribution in [0.25, 0.3) is 11.5 Å². The van der Waals surface area contributed by atoms with Crippen LogP contribution < -0.4 is 5.32 Å². The zero-order valence-corrected chi connectivity index (χ0v) is 11.8. The number of hydrogen-bond acceptors (Lipinski definition) is 5. The number of pyridine rings is 1. The highest BCUT2D eigenvalue weighted by Gasteiger charge is 2.09. The van der Waals surface area contributed by atoms with Crippen LogP contribution in [-0.2, 0) is 6.42 Å². The molecule has 0 saturated heterocycles. The van der Waals surface area contributed by atoms with Gasteiger partial charge in [0.1, 0.15) is 5.69 Å². The van der Waals surface area contributed by atoms with Crippen LogP contribution in [0.15, 0.2) is 53.1 Å². The lowest BCUT2D eigenvalue weighted by molar-refractivity contribution is 0.381. The molecule has 5 nitrogen and oxygen atoms in total. The predicted octanol–water partition coefficient (Wildman–Crippen LogP) is 3.09. The Morgan fingerprint density at radius 3 is 2.67 bits per heavy atom. The fourth-order valence-electron chi connectivity index (χ4n) is 2.00. The van der Waals surface area contributed by atoms with Crippen molar-refractivity contribution in [3.63, 3.8) is 0 Å². The summed E-state index contributed by atoms with van der Waals surface area (Å²) in [5.41, 5.74) is 2.75. The van der Waals surface area contributed by atoms with Crippen molar-refractivity contribution < 1.29 is 4.52 Å². The van der Waals surface area contributed by atoms with E-state index < -0.39 is 0 Å². The predicted molar refractivity (Wildman–Crippen MR) is 80.9 cm³/mol. The molecule has 5 heteroatoms. The molecule has 1 N–H and O–H groups in total. The van der Waals surface area contributed by atoms with Gasteiger partial charge in [0.05, 0.1) is 0 Å². The van der Waals surface area contributed by atoms with Crippen LogP contribution in [0.5, 0.6) is 0 Å². The Hall–Kier alpha value is -2.69. The van der Waals surface area contributed by atoms with Crippen molar-refractivity contribution in [3.05, 3.63) is 60.1 Å². The summed E-state index contributed by atoms with van der Waals surface area (Å²) in [4.78, 5) is 8.76. The van der Waals surface area contributed by atoms with Crippen LogP contribution in [0.3, 0.4) is 0 Å². The Balaban J connectivity index is 1.60. The van der Waals surface area contributed by atoms with Crippen molar-refractivity contribution >= 4 is 5.69 Å². The van der Waals surface area contributed by atoms with E-state index in [4.69, 9.17) is 4.52 Å². The minimum atomic E-state index is 0.536. The van der Waals surface area contributed by atoms with Gasteiger partial charge >= 0.3 is 0 Å². The van der Waals surface area contributed by atoms with Crippen LogP contribution in [0, 0.1) is 6.92 Å². The van der Waals surface area contributed by atoms with Crippen LogP contribution in [0.2, 0.25) is 0 Å². The number of nitrogens with one attached hydrogen (secondary N) is 1. The molecule has 0 unspecified atom stereocenters. The maximum Gasteiger partial charge on any atom is 0.228 e. The summed E-state index contributed by atoms with van der Waals surface area (Å²) >= 11 is 0. The van der Waals surface area contributed by atoms with Gasteiger partial charge in [0.15, 0.2) is 0 Å². The first-order chi connectivity index (χ1) is 10.3. The van der Waals surface area contributed by atoms with Crippen molar-refractivity contribution in [1.29, 1.82) is 0 Å². The molecule has 0 spiro atoms. The molecule has 0 saturated carbocycles. The summed E-state index contributed by atoms with van der Waals surface area (Å²) in [6, 6.07) is 15.8. The number of hydrogen-bond donors (Lipinski definition) is 1. The standard InChI is InChI=1S/C16H16N4O/c1-12-6-5-9-14(18-12)16-19-15(21-20-16)10-11-17-13-7-3-2-4-8-13/h2-9,17H,10-11H2,1H3. The van der Waals surface area contributed by atoms with E-state index in [0.29, 0.717) is 18.1 Å². The van der Waals surface area contributed by atoms with Crippen LogP contribution in [-0.4, -0.2) is 21.7 Å². The number of rotatable bonds is 5. The highest BCUT2D eigenvalue weighted by atomic mass is 16.5. The summed E-state index contributed by atoms with van der Waals surface area (Å²) in [6.07, 6.45) is 0.674. The molecule has 2 aromatic heterocycles. The summed E-state index contributed by atoms with van der Waals surface area (Å²) in [7, 11) is 0. The molecule has 3 aromatic rings. The molecule has 21 heavy (non-hydrogen) atoms. The molecule has 0 aliphatic rings. The summed E-state index contributed by atoms with van der Waals surface area (Å²) in [5, 5.41) is 7.28. The molecule has 0 aliphatic heterocycles. The summed E-state index contributed by atoms with van der Waals surface area (Å²) < 4.78 is 5.26. The van der Waals surface area contributed by atoms with Crippen molar-refractivity contribution in [2.24, 2.45) is 0 Å². The minimum absolute atomic E-state index is 0.536. The van der Waals surface area contributed by atoms with Crippen LogP contribution in [0.1, 0.15) is 11.6 Å². The lowest BCUT2D eigenvalue weighted by atomic mass is 10.3. The monoisotopic (exact) mass is 280 g/mol. The molecule has 0 aliphatic carbocycles. The average Bonchev–Trinajstić information content (AvgIpc) is 2.97. The highest BCUT2D eigenvalue weighted by molar-refractivity contribution is 5.48. The second kappa shape index (κ2) is 6.17. The summed E-state index contributed by atoms with van der Waals surface area (Å²) in [5.74, 6) is 1.14. The number of benzene rings is 1. The fourth-order valence-corrected chi connectivity index (χ4v) is 2.00. The number of aromatic nitrogens is 3. The second-order valence-electron chi connectivity index (χ2n) is 4.72. The topological polar surface area (TPSA) is 63.8 Å². The maximum absolute atomic E-state index is 5.26. The lowest BCUT2D eigenvalue weighted by Crippen LogP contribution is -2.04. The minimum Gasteiger partial charge on any atom is -0.385 e. The largest absolute Gasteiger partial charge is 0.385 e. The van der Waals surface area contributed by atoms with Gasteiger partial charge in [-0.15, -0.1) is 0 Å². The van der Waals surface area contributed by atoms with Gasteiger partial charge in [0.25, 0.3) is 0 Å². The zero-order valence-electron chi connectivity index (χ0n) is 11.8. The first-order valence-corrected chi connectivity index (χ1v) is 6.87. The Bertz CT molecular complexity index is 709. The Kier molecular flexibility index (Phi) is 3.91. The van der Waals surface area contributed by atoms with E-state index in [-0.39, 0.29) is 0 Å². The molecule has 1 aromatic carbocycles. The molecule has 0 amide bonds. The zero-order chi connectivity index (χ0) is 14.5. The van der Waals surface area contributed by atoms with Gasteiger partial charge in [0, 0.05) is 24.3 Å². The van der Waals surface area contributed by atoms with E-state index >= 15 is 0 Å². The van der Waals surface area contributed by atoms with Gasteiger partial charge in [-0.05, 0) is 31.2 Å². The Morgan fingerprint density at radius 2 is 1.86 bits per heavy atom. The lowest BCUT2D eigenvalue weighted by Gasteiger charge is -2.02. The van der Waals surface area contributed by atoms with E-state index in [9.17, 15) is 0 Å². The molecule has 106 valence electrons. The smallest absolute Gasteiger partial charge is 0.228 e. The van der Waals surface area contributed by atoms with Crippen LogP contribution in [0.4, 0.5) is 5.69 Å². The SMILES string of the molecule is Cc1cccc(-c2noc(CCNc3ccccc3)n2)n1. The average molecular weight is 280 g/mol. The van der Waals surface area contributed by atoms with E-state index in [1.54, 1.807) is 0 Å². The van der Waals surface area contributed by atoms with Gasteiger partial charge in [-0.3, -0.25) is 0 Å². The maximum atomic E-state index is 5.26. The molecular formula is C16H16N4O. The normalized spacial score (nSPS) is 10.5. The van der Waals surface area contributed by atoms with Gasteiger partial charge < -0.3 is 9.84 Å². The quantitative estimate of drug-likeness (QED) is 0.778. The van der Waals surface area contributed by atoms with Crippen molar-refractivity contribution in [2.75, 3.05) is 11.9 Å². The molecule has 3 rings (SSSR count). The van der Waals surface area contributed by atoms with Crippen molar-refractivity contribution in [2.45, 2.75) is 13.3 Å². The molecule has 2 heterocycles. The van der Waals surface area contributed by atoms with Gasteiger partial charge in [0.2, 0.25) is 11.7 Å². The molecule has 0 bridgehead atoms. The number of nitrogens with zero attached hydrogens (tertiary/aromatic N) is 3. The van der Waals surface area contributed by atoms with E-state index in [1.807, 2.05) is 55.5 Å². The van der Waals surface area contributed by atoms with Gasteiger partial charge in [-0.2, -0.15) is 4.98 Å². The summed E-state index contributed by atoms with van der Waals surface area (Å²) in [6.45, 7) is 2.68. The first-order valence-electron chi connectivity index (χ1n) is 6.87. The molecule has 0 radical (unpaired) electrons. The fraction of sp³-hybridized carbons (Fsp3) is 0.188. The molecule has 0 fully saturated rings. The third-order valence-electron chi connectivity index (χ3n) is 3.03.